The zero-order valence-corrected chi connectivity index (χ0v) is 9.32. The molecule has 0 aliphatic heterocycles. The summed E-state index contributed by atoms with van der Waals surface area (Å²) >= 11 is 0. The number of nitrogens with two attached hydrogens (primary N) is 1. The summed E-state index contributed by atoms with van der Waals surface area (Å²) in [6.45, 7) is 0. The topological polar surface area (TPSA) is 55.9 Å². The Kier molecular flexibility index (Phi) is 3.38. The predicted molar refractivity (Wildman–Crippen MR) is 60.0 cm³/mol. The molecular formula is C11H20N4. The van der Waals surface area contributed by atoms with Crippen molar-refractivity contribution in [1.82, 2.24) is 15.2 Å². The van der Waals surface area contributed by atoms with Crippen LogP contribution in [-0.4, -0.2) is 15.8 Å². The van der Waals surface area contributed by atoms with Gasteiger partial charge in [0.15, 0.2) is 0 Å². The van der Waals surface area contributed by atoms with Gasteiger partial charge in [0.05, 0.1) is 0 Å². The van der Waals surface area contributed by atoms with Crippen molar-refractivity contribution in [1.29, 1.82) is 0 Å². The van der Waals surface area contributed by atoms with Crippen LogP contribution in [0.4, 0.5) is 0 Å². The first kappa shape index (κ1) is 10.6. The van der Waals surface area contributed by atoms with Gasteiger partial charge in [-0.05, 0) is 37.7 Å². The summed E-state index contributed by atoms with van der Waals surface area (Å²) < 4.78 is 1.94. The second-order valence-corrected chi connectivity index (χ2v) is 4.45. The third kappa shape index (κ3) is 2.38. The standard InChI is InChI=1S/C11H20N4/c1-15-10(7-8-13-15)5-6-11(14-12)9-3-2-4-9/h7-9,11,14H,2-6,12H2,1H3. The summed E-state index contributed by atoms with van der Waals surface area (Å²) in [7, 11) is 1.99. The van der Waals surface area contributed by atoms with Crippen LogP contribution in [0.5, 0.6) is 0 Å². The van der Waals surface area contributed by atoms with Crippen LogP contribution in [0, 0.1) is 5.92 Å². The first-order valence-corrected chi connectivity index (χ1v) is 5.74. The number of hydrogen-bond donors (Lipinski definition) is 2. The normalized spacial score (nSPS) is 18.8. The molecule has 4 nitrogen and oxygen atoms in total. The summed E-state index contributed by atoms with van der Waals surface area (Å²) in [5.74, 6) is 6.38. The minimum atomic E-state index is 0.480. The fourth-order valence-electron chi connectivity index (χ4n) is 2.25. The average Bonchev–Trinajstić information content (AvgIpc) is 2.55. The van der Waals surface area contributed by atoms with Crippen LogP contribution in [0.3, 0.4) is 0 Å². The van der Waals surface area contributed by atoms with Gasteiger partial charge in [0.25, 0.3) is 0 Å². The highest BCUT2D eigenvalue weighted by Gasteiger charge is 2.26. The summed E-state index contributed by atoms with van der Waals surface area (Å²) in [4.78, 5) is 0. The molecule has 1 saturated carbocycles. The Hall–Kier alpha value is -0.870. The maximum atomic E-state index is 5.59. The summed E-state index contributed by atoms with van der Waals surface area (Å²) in [6.07, 6.45) is 8.06. The van der Waals surface area contributed by atoms with Crippen LogP contribution in [0.15, 0.2) is 12.3 Å². The molecule has 4 heteroatoms. The van der Waals surface area contributed by atoms with Gasteiger partial charge < -0.3 is 0 Å². The summed E-state index contributed by atoms with van der Waals surface area (Å²) in [5, 5.41) is 4.16. The Morgan fingerprint density at radius 2 is 2.47 bits per heavy atom. The van der Waals surface area contributed by atoms with Gasteiger partial charge in [0.2, 0.25) is 0 Å². The van der Waals surface area contributed by atoms with Gasteiger partial charge >= 0.3 is 0 Å². The quantitative estimate of drug-likeness (QED) is 0.560. The van der Waals surface area contributed by atoms with Crippen LogP contribution in [0.2, 0.25) is 0 Å². The average molecular weight is 208 g/mol. The number of hydrazine groups is 1. The van der Waals surface area contributed by atoms with Gasteiger partial charge in [-0.25, -0.2) is 0 Å². The van der Waals surface area contributed by atoms with Gasteiger partial charge in [0, 0.05) is 25.0 Å². The summed E-state index contributed by atoms with van der Waals surface area (Å²) in [6, 6.07) is 2.56. The smallest absolute Gasteiger partial charge is 0.0492 e. The molecule has 1 heterocycles. The minimum absolute atomic E-state index is 0.480. The van der Waals surface area contributed by atoms with E-state index in [1.165, 1.54) is 25.0 Å². The van der Waals surface area contributed by atoms with Crippen LogP contribution in [0.25, 0.3) is 0 Å². The molecule has 1 aromatic heterocycles. The van der Waals surface area contributed by atoms with Crippen molar-refractivity contribution in [2.45, 2.75) is 38.1 Å². The molecule has 0 radical (unpaired) electrons. The number of hydrogen-bond acceptors (Lipinski definition) is 3. The van der Waals surface area contributed by atoms with E-state index in [4.69, 9.17) is 5.84 Å². The maximum absolute atomic E-state index is 5.59. The molecule has 2 rings (SSSR count). The van der Waals surface area contributed by atoms with E-state index in [1.54, 1.807) is 0 Å². The highest BCUT2D eigenvalue weighted by Crippen LogP contribution is 2.31. The number of rotatable bonds is 5. The lowest BCUT2D eigenvalue weighted by Crippen LogP contribution is -2.43. The van der Waals surface area contributed by atoms with E-state index in [0.29, 0.717) is 6.04 Å². The number of aromatic nitrogens is 2. The second-order valence-electron chi connectivity index (χ2n) is 4.45. The molecule has 1 aromatic rings. The molecule has 1 aliphatic rings. The lowest BCUT2D eigenvalue weighted by molar-refractivity contribution is 0.220. The lowest BCUT2D eigenvalue weighted by Gasteiger charge is -2.33. The molecule has 0 saturated heterocycles. The first-order valence-electron chi connectivity index (χ1n) is 5.74. The molecular weight excluding hydrogens is 188 g/mol. The zero-order valence-electron chi connectivity index (χ0n) is 9.32. The van der Waals surface area contributed by atoms with Crippen molar-refractivity contribution in [2.75, 3.05) is 0 Å². The molecule has 3 N–H and O–H groups in total. The Labute approximate surface area is 90.8 Å². The van der Waals surface area contributed by atoms with Crippen LogP contribution in [-0.2, 0) is 13.5 Å². The first-order chi connectivity index (χ1) is 7.31. The zero-order chi connectivity index (χ0) is 10.7. The Bertz CT molecular complexity index is 303. The lowest BCUT2D eigenvalue weighted by atomic mass is 9.78. The van der Waals surface area contributed by atoms with E-state index in [-0.39, 0.29) is 0 Å². The SMILES string of the molecule is Cn1nccc1CCC(NN)C1CCC1. The summed E-state index contributed by atoms with van der Waals surface area (Å²) in [5.41, 5.74) is 4.24. The molecule has 84 valence electrons. The van der Waals surface area contributed by atoms with Gasteiger partial charge in [0.1, 0.15) is 0 Å². The largest absolute Gasteiger partial charge is 0.273 e. The van der Waals surface area contributed by atoms with E-state index >= 15 is 0 Å². The Morgan fingerprint density at radius 3 is 2.93 bits per heavy atom. The number of nitrogens with one attached hydrogen (secondary N) is 1. The second kappa shape index (κ2) is 4.77. The van der Waals surface area contributed by atoms with E-state index in [9.17, 15) is 0 Å². The molecule has 0 spiro atoms. The van der Waals surface area contributed by atoms with Gasteiger partial charge in [-0.1, -0.05) is 6.42 Å². The fraction of sp³-hybridized carbons (Fsp3) is 0.727. The Balaban J connectivity index is 1.83. The van der Waals surface area contributed by atoms with Crippen molar-refractivity contribution < 1.29 is 0 Å². The number of nitrogens with zero attached hydrogens (tertiary/aromatic N) is 2. The maximum Gasteiger partial charge on any atom is 0.0492 e. The predicted octanol–water partition coefficient (Wildman–Crippen LogP) is 0.985. The molecule has 0 amide bonds. The molecule has 0 aromatic carbocycles. The van der Waals surface area contributed by atoms with E-state index in [0.717, 1.165) is 18.8 Å². The van der Waals surface area contributed by atoms with Gasteiger partial charge in [-0.3, -0.25) is 16.0 Å². The van der Waals surface area contributed by atoms with E-state index < -0.39 is 0 Å². The van der Waals surface area contributed by atoms with Gasteiger partial charge in [-0.2, -0.15) is 5.10 Å². The molecule has 1 unspecified atom stereocenters. The van der Waals surface area contributed by atoms with Crippen molar-refractivity contribution in [3.05, 3.63) is 18.0 Å². The molecule has 1 aliphatic carbocycles. The number of aryl methyl sites for hydroxylation is 2. The third-order valence-corrected chi connectivity index (χ3v) is 3.57. The van der Waals surface area contributed by atoms with Crippen LogP contribution < -0.4 is 11.3 Å². The van der Waals surface area contributed by atoms with Crippen LogP contribution >= 0.6 is 0 Å². The molecule has 1 atom stereocenters. The highest BCUT2D eigenvalue weighted by molar-refractivity contribution is 5.00. The van der Waals surface area contributed by atoms with Crippen molar-refractivity contribution in [3.8, 4) is 0 Å². The molecule has 0 bridgehead atoms. The fourth-order valence-corrected chi connectivity index (χ4v) is 2.25. The third-order valence-electron chi connectivity index (χ3n) is 3.57. The monoisotopic (exact) mass is 208 g/mol. The molecule has 1 fully saturated rings. The van der Waals surface area contributed by atoms with Crippen LogP contribution in [0.1, 0.15) is 31.4 Å². The molecule has 15 heavy (non-hydrogen) atoms. The highest BCUT2D eigenvalue weighted by atomic mass is 15.3. The minimum Gasteiger partial charge on any atom is -0.273 e. The van der Waals surface area contributed by atoms with Crippen molar-refractivity contribution in [2.24, 2.45) is 18.8 Å². The van der Waals surface area contributed by atoms with Gasteiger partial charge in [-0.15, -0.1) is 0 Å². The van der Waals surface area contributed by atoms with E-state index in [1.807, 2.05) is 17.9 Å². The van der Waals surface area contributed by atoms with Crippen molar-refractivity contribution in [3.63, 3.8) is 0 Å². The Morgan fingerprint density at radius 1 is 1.67 bits per heavy atom. The van der Waals surface area contributed by atoms with E-state index in [2.05, 4.69) is 16.6 Å². The van der Waals surface area contributed by atoms with Crippen molar-refractivity contribution >= 4 is 0 Å².